The van der Waals surface area contributed by atoms with Crippen molar-refractivity contribution in [2.75, 3.05) is 14.2 Å². The molecule has 0 amide bonds. The second-order valence-corrected chi connectivity index (χ2v) is 5.79. The van der Waals surface area contributed by atoms with E-state index in [4.69, 9.17) is 13.9 Å². The van der Waals surface area contributed by atoms with E-state index in [0.717, 1.165) is 5.57 Å². The standard InChI is InChI=1S/C16H16O6/c1-20-13(18)16(14(19)21-2)7-10-6-11(17)8-15(10,9-16)12-4-3-5-22-12/h3-6H,7-9H2,1-2H3. The highest BCUT2D eigenvalue weighted by atomic mass is 16.5. The average molecular weight is 304 g/mol. The Kier molecular flexibility index (Phi) is 3.20. The molecule has 0 aliphatic heterocycles. The minimum Gasteiger partial charge on any atom is -0.468 e. The molecule has 22 heavy (non-hydrogen) atoms. The summed E-state index contributed by atoms with van der Waals surface area (Å²) in [4.78, 5) is 36.5. The molecule has 2 aliphatic carbocycles. The molecule has 3 rings (SSSR count). The molecule has 1 aromatic heterocycles. The predicted octanol–water partition coefficient (Wildman–Crippen LogP) is 1.54. The number of rotatable bonds is 3. The molecule has 0 N–H and O–H groups in total. The summed E-state index contributed by atoms with van der Waals surface area (Å²) in [6.45, 7) is 0. The summed E-state index contributed by atoms with van der Waals surface area (Å²) >= 11 is 0. The molecular weight excluding hydrogens is 288 g/mol. The van der Waals surface area contributed by atoms with Gasteiger partial charge in [-0.3, -0.25) is 14.4 Å². The SMILES string of the molecule is COC(=O)C1(C(=O)OC)CC2=CC(=O)CC2(c2ccco2)C1. The third kappa shape index (κ3) is 1.76. The quantitative estimate of drug-likeness (QED) is 0.622. The van der Waals surface area contributed by atoms with E-state index in [9.17, 15) is 14.4 Å². The third-order valence-corrected chi connectivity index (χ3v) is 4.67. The van der Waals surface area contributed by atoms with Crippen LogP contribution in [0.1, 0.15) is 25.0 Å². The second-order valence-electron chi connectivity index (χ2n) is 5.79. The van der Waals surface area contributed by atoms with Gasteiger partial charge in [0.2, 0.25) is 0 Å². The molecule has 6 nitrogen and oxygen atoms in total. The smallest absolute Gasteiger partial charge is 0.323 e. The van der Waals surface area contributed by atoms with Crippen molar-refractivity contribution in [2.45, 2.75) is 24.7 Å². The van der Waals surface area contributed by atoms with E-state index in [1.807, 2.05) is 0 Å². The first kappa shape index (κ1) is 14.6. The summed E-state index contributed by atoms with van der Waals surface area (Å²) in [5, 5.41) is 0. The van der Waals surface area contributed by atoms with Crippen LogP contribution in [0, 0.1) is 5.41 Å². The van der Waals surface area contributed by atoms with E-state index < -0.39 is 22.8 Å². The van der Waals surface area contributed by atoms with Gasteiger partial charge in [-0.2, -0.15) is 0 Å². The van der Waals surface area contributed by atoms with Gasteiger partial charge in [0.15, 0.2) is 11.2 Å². The second kappa shape index (κ2) is 4.83. The van der Waals surface area contributed by atoms with Crippen molar-refractivity contribution in [3.63, 3.8) is 0 Å². The number of hydrogen-bond donors (Lipinski definition) is 0. The number of allylic oxidation sites excluding steroid dienone is 2. The van der Waals surface area contributed by atoms with Crippen LogP contribution in [0.4, 0.5) is 0 Å². The number of methoxy groups -OCH3 is 2. The average Bonchev–Trinajstić information content (AvgIpc) is 3.18. The summed E-state index contributed by atoms with van der Waals surface area (Å²) in [6, 6.07) is 3.48. The van der Waals surface area contributed by atoms with Gasteiger partial charge in [-0.1, -0.05) is 5.57 Å². The number of furan rings is 1. The fourth-order valence-electron chi connectivity index (χ4n) is 3.74. The number of hydrogen-bond acceptors (Lipinski definition) is 6. The Bertz CT molecular complexity index is 653. The molecule has 0 bridgehead atoms. The molecule has 1 fully saturated rings. The summed E-state index contributed by atoms with van der Waals surface area (Å²) in [5.41, 5.74) is -1.46. The van der Waals surface area contributed by atoms with Crippen LogP contribution in [0.3, 0.4) is 0 Å². The number of carbonyl (C=O) groups is 3. The molecule has 1 unspecified atom stereocenters. The maximum atomic E-state index is 12.3. The Morgan fingerprint density at radius 1 is 1.18 bits per heavy atom. The van der Waals surface area contributed by atoms with E-state index in [2.05, 4.69) is 0 Å². The van der Waals surface area contributed by atoms with Gasteiger partial charge in [-0.15, -0.1) is 0 Å². The number of carbonyl (C=O) groups excluding carboxylic acids is 3. The van der Waals surface area contributed by atoms with Gasteiger partial charge in [0.05, 0.1) is 25.9 Å². The normalized spacial score (nSPS) is 25.5. The highest BCUT2D eigenvalue weighted by Gasteiger charge is 2.64. The van der Waals surface area contributed by atoms with Crippen LogP contribution in [0.5, 0.6) is 0 Å². The Hall–Kier alpha value is -2.37. The minimum absolute atomic E-state index is 0.0327. The minimum atomic E-state index is -1.43. The zero-order chi connectivity index (χ0) is 16.0. The molecule has 1 aromatic rings. The molecule has 1 heterocycles. The fourth-order valence-corrected chi connectivity index (χ4v) is 3.74. The van der Waals surface area contributed by atoms with E-state index in [0.29, 0.717) is 5.76 Å². The van der Waals surface area contributed by atoms with Gasteiger partial charge < -0.3 is 13.9 Å². The highest BCUT2D eigenvalue weighted by Crippen LogP contribution is 2.59. The zero-order valence-electron chi connectivity index (χ0n) is 12.4. The molecule has 6 heteroatoms. The first-order valence-corrected chi connectivity index (χ1v) is 6.93. The number of esters is 2. The molecule has 0 aromatic carbocycles. The van der Waals surface area contributed by atoms with Crippen molar-refractivity contribution < 1.29 is 28.3 Å². The Morgan fingerprint density at radius 2 is 1.86 bits per heavy atom. The maximum Gasteiger partial charge on any atom is 0.323 e. The monoisotopic (exact) mass is 304 g/mol. The Labute approximate surface area is 127 Å². The maximum absolute atomic E-state index is 12.3. The van der Waals surface area contributed by atoms with Crippen molar-refractivity contribution in [3.8, 4) is 0 Å². The largest absolute Gasteiger partial charge is 0.468 e. The lowest BCUT2D eigenvalue weighted by atomic mass is 9.76. The van der Waals surface area contributed by atoms with E-state index in [1.54, 1.807) is 12.1 Å². The number of fused-ring (bicyclic) bond motifs is 1. The van der Waals surface area contributed by atoms with Crippen molar-refractivity contribution in [1.29, 1.82) is 0 Å². The molecule has 116 valence electrons. The molecule has 1 saturated carbocycles. The van der Waals surface area contributed by atoms with Crippen LogP contribution < -0.4 is 0 Å². The topological polar surface area (TPSA) is 82.8 Å². The van der Waals surface area contributed by atoms with Crippen molar-refractivity contribution in [2.24, 2.45) is 5.41 Å². The highest BCUT2D eigenvalue weighted by molar-refractivity contribution is 6.04. The van der Waals surface area contributed by atoms with E-state index >= 15 is 0 Å². The lowest BCUT2D eigenvalue weighted by Gasteiger charge is -2.27. The van der Waals surface area contributed by atoms with Crippen LogP contribution in [-0.4, -0.2) is 31.9 Å². The fraction of sp³-hybridized carbons (Fsp3) is 0.438. The first-order chi connectivity index (χ1) is 10.5. The van der Waals surface area contributed by atoms with Gasteiger partial charge in [0.25, 0.3) is 0 Å². The van der Waals surface area contributed by atoms with Gasteiger partial charge in [-0.05, 0) is 31.1 Å². The van der Waals surface area contributed by atoms with E-state index in [1.165, 1.54) is 26.6 Å². The molecular formula is C16H16O6. The van der Waals surface area contributed by atoms with Gasteiger partial charge >= 0.3 is 11.9 Å². The summed E-state index contributed by atoms with van der Waals surface area (Å²) < 4.78 is 15.2. The number of ether oxygens (including phenoxy) is 2. The lowest BCUT2D eigenvalue weighted by molar-refractivity contribution is -0.169. The Morgan fingerprint density at radius 3 is 2.41 bits per heavy atom. The molecule has 1 atom stereocenters. The lowest BCUT2D eigenvalue weighted by Crippen LogP contribution is -2.41. The third-order valence-electron chi connectivity index (χ3n) is 4.67. The summed E-state index contributed by atoms with van der Waals surface area (Å²) in [7, 11) is 2.47. The first-order valence-electron chi connectivity index (χ1n) is 6.93. The number of ketones is 1. The molecule has 0 radical (unpaired) electrons. The van der Waals surface area contributed by atoms with Crippen molar-refractivity contribution in [1.82, 2.24) is 0 Å². The van der Waals surface area contributed by atoms with Gasteiger partial charge in [0, 0.05) is 6.42 Å². The predicted molar refractivity (Wildman–Crippen MR) is 73.8 cm³/mol. The van der Waals surface area contributed by atoms with Gasteiger partial charge in [0.1, 0.15) is 5.76 Å². The van der Waals surface area contributed by atoms with Gasteiger partial charge in [-0.25, -0.2) is 0 Å². The molecule has 2 aliphatic rings. The van der Waals surface area contributed by atoms with Crippen molar-refractivity contribution >= 4 is 17.7 Å². The van der Waals surface area contributed by atoms with Crippen LogP contribution >= 0.6 is 0 Å². The molecule has 0 spiro atoms. The van der Waals surface area contributed by atoms with Crippen LogP contribution in [-0.2, 0) is 29.3 Å². The zero-order valence-corrected chi connectivity index (χ0v) is 12.4. The summed E-state index contributed by atoms with van der Waals surface area (Å²) in [6.07, 6.45) is 3.44. The Balaban J connectivity index is 2.13. The van der Waals surface area contributed by atoms with E-state index in [-0.39, 0.29) is 25.0 Å². The van der Waals surface area contributed by atoms with Crippen LogP contribution in [0.2, 0.25) is 0 Å². The van der Waals surface area contributed by atoms with Crippen LogP contribution in [0.25, 0.3) is 0 Å². The van der Waals surface area contributed by atoms with Crippen molar-refractivity contribution in [3.05, 3.63) is 35.8 Å². The van der Waals surface area contributed by atoms with Crippen LogP contribution in [0.15, 0.2) is 34.5 Å². The molecule has 0 saturated heterocycles. The summed E-state index contributed by atoms with van der Waals surface area (Å²) in [5.74, 6) is -0.741.